The van der Waals surface area contributed by atoms with E-state index in [1.807, 2.05) is 24.3 Å². The largest absolute Gasteiger partial charge is 0.496 e. The fourth-order valence-corrected chi connectivity index (χ4v) is 3.82. The number of methoxy groups -OCH3 is 1. The first-order chi connectivity index (χ1) is 12.4. The molecule has 0 aliphatic rings. The van der Waals surface area contributed by atoms with E-state index in [2.05, 4.69) is 23.8 Å². The molecule has 2 heterocycles. The van der Waals surface area contributed by atoms with Crippen LogP contribution in [-0.4, -0.2) is 17.1 Å². The van der Waals surface area contributed by atoms with Crippen molar-refractivity contribution in [1.82, 2.24) is 9.97 Å². The van der Waals surface area contributed by atoms with Gasteiger partial charge in [0.15, 0.2) is 11.6 Å². The molecule has 0 atom stereocenters. The normalized spacial score (nSPS) is 11.0. The summed E-state index contributed by atoms with van der Waals surface area (Å²) < 4.78 is 12.3. The summed E-state index contributed by atoms with van der Waals surface area (Å²) in [4.78, 5) is 8.89. The number of halogens is 1. The Balaban J connectivity index is 2.17. The Bertz CT molecular complexity index is 943. The maximum Gasteiger partial charge on any atom is 0.222 e. The van der Waals surface area contributed by atoms with E-state index in [1.54, 1.807) is 7.11 Å². The summed E-state index contributed by atoms with van der Waals surface area (Å²) in [5, 5.41) is 0. The average Bonchev–Trinajstić information content (AvgIpc) is 3.02. The Morgan fingerprint density at radius 2 is 1.81 bits per heavy atom. The van der Waals surface area contributed by atoms with E-state index in [9.17, 15) is 0 Å². The molecule has 0 spiro atoms. The van der Waals surface area contributed by atoms with E-state index in [0.717, 1.165) is 21.8 Å². The first-order valence-corrected chi connectivity index (χ1v) is 9.12. The fraction of sp³-hybridized carbons (Fsp3) is 0.222. The molecule has 0 fully saturated rings. The zero-order valence-corrected chi connectivity index (χ0v) is 16.2. The minimum absolute atomic E-state index is 0.0996. The number of nitrogens with zero attached hydrogens (tertiary/aromatic N) is 2. The van der Waals surface area contributed by atoms with Gasteiger partial charge in [-0.3, -0.25) is 0 Å². The van der Waals surface area contributed by atoms with Crippen molar-refractivity contribution in [2.75, 3.05) is 18.6 Å². The average molecular weight is 391 g/mol. The minimum Gasteiger partial charge on any atom is -0.496 e. The van der Waals surface area contributed by atoms with Crippen LogP contribution in [0.1, 0.15) is 25.3 Å². The smallest absolute Gasteiger partial charge is 0.222 e. The highest BCUT2D eigenvalue weighted by molar-refractivity contribution is 7.19. The first-order valence-electron chi connectivity index (χ1n) is 7.93. The van der Waals surface area contributed by atoms with Gasteiger partial charge in [0.1, 0.15) is 11.5 Å². The van der Waals surface area contributed by atoms with Gasteiger partial charge in [-0.25, -0.2) is 4.98 Å². The standard InChI is InChI=1S/C18H19ClN4O2S/c1-9(2)15-11(25-12-8-22-18(21)23-17(12)20)5-4-10(24-3)16(15)13-6-7-14(19)26-13/h4-9H,1-3H3,(H4,20,21,22,23). The second-order valence-corrected chi connectivity index (χ2v) is 7.61. The second kappa shape index (κ2) is 7.39. The lowest BCUT2D eigenvalue weighted by Gasteiger charge is -2.20. The van der Waals surface area contributed by atoms with Crippen LogP contribution in [0.5, 0.6) is 17.2 Å². The van der Waals surface area contributed by atoms with Gasteiger partial charge in [-0.1, -0.05) is 25.4 Å². The van der Waals surface area contributed by atoms with Crippen molar-refractivity contribution in [2.24, 2.45) is 0 Å². The van der Waals surface area contributed by atoms with Crippen molar-refractivity contribution in [2.45, 2.75) is 19.8 Å². The number of hydrogen-bond donors (Lipinski definition) is 2. The number of nitrogens with two attached hydrogens (primary N) is 2. The SMILES string of the molecule is COc1ccc(Oc2cnc(N)nc2N)c(C(C)C)c1-c1ccc(Cl)s1. The highest BCUT2D eigenvalue weighted by Gasteiger charge is 2.22. The number of aromatic nitrogens is 2. The molecular formula is C18H19ClN4O2S. The van der Waals surface area contributed by atoms with Gasteiger partial charge < -0.3 is 20.9 Å². The Morgan fingerprint density at radius 3 is 2.38 bits per heavy atom. The molecule has 3 aromatic rings. The van der Waals surface area contributed by atoms with Crippen LogP contribution in [0.3, 0.4) is 0 Å². The van der Waals surface area contributed by atoms with Gasteiger partial charge >= 0.3 is 0 Å². The Hall–Kier alpha value is -2.51. The van der Waals surface area contributed by atoms with Gasteiger partial charge in [-0.05, 0) is 30.2 Å². The van der Waals surface area contributed by atoms with Crippen molar-refractivity contribution < 1.29 is 9.47 Å². The summed E-state index contributed by atoms with van der Waals surface area (Å²) in [5.41, 5.74) is 13.4. The Kier molecular flexibility index (Phi) is 5.20. The lowest BCUT2D eigenvalue weighted by molar-refractivity contribution is 0.413. The van der Waals surface area contributed by atoms with Gasteiger partial charge in [-0.2, -0.15) is 4.98 Å². The zero-order valence-electron chi connectivity index (χ0n) is 14.6. The van der Waals surface area contributed by atoms with Crippen molar-refractivity contribution in [3.8, 4) is 27.7 Å². The van der Waals surface area contributed by atoms with Gasteiger partial charge in [0.2, 0.25) is 5.95 Å². The van der Waals surface area contributed by atoms with E-state index in [4.69, 9.17) is 32.5 Å². The molecule has 0 amide bonds. The van der Waals surface area contributed by atoms with Crippen molar-refractivity contribution in [3.63, 3.8) is 0 Å². The number of hydrogen-bond acceptors (Lipinski definition) is 7. The number of ether oxygens (including phenoxy) is 2. The summed E-state index contributed by atoms with van der Waals surface area (Å²) in [6.45, 7) is 4.17. The first kappa shape index (κ1) is 18.3. The molecule has 2 aromatic heterocycles. The van der Waals surface area contributed by atoms with Crippen LogP contribution in [0.15, 0.2) is 30.5 Å². The van der Waals surface area contributed by atoms with E-state index >= 15 is 0 Å². The molecule has 0 radical (unpaired) electrons. The van der Waals surface area contributed by atoms with E-state index in [-0.39, 0.29) is 17.7 Å². The molecule has 26 heavy (non-hydrogen) atoms. The molecule has 6 nitrogen and oxygen atoms in total. The minimum atomic E-state index is 0.0996. The third-order valence-corrected chi connectivity index (χ3v) is 5.05. The molecule has 0 saturated carbocycles. The lowest BCUT2D eigenvalue weighted by Crippen LogP contribution is -2.04. The second-order valence-electron chi connectivity index (χ2n) is 5.89. The van der Waals surface area contributed by atoms with Crippen LogP contribution in [0.4, 0.5) is 11.8 Å². The Labute approximate surface area is 160 Å². The highest BCUT2D eigenvalue weighted by atomic mass is 35.5. The third-order valence-electron chi connectivity index (χ3n) is 3.81. The molecule has 0 unspecified atom stereocenters. The van der Waals surface area contributed by atoms with Crippen LogP contribution in [-0.2, 0) is 0 Å². The number of anilines is 2. The van der Waals surface area contributed by atoms with Crippen LogP contribution in [0.25, 0.3) is 10.4 Å². The number of benzene rings is 1. The predicted octanol–water partition coefficient (Wildman–Crippen LogP) is 4.95. The van der Waals surface area contributed by atoms with Crippen LogP contribution >= 0.6 is 22.9 Å². The molecular weight excluding hydrogens is 372 g/mol. The summed E-state index contributed by atoms with van der Waals surface area (Å²) >= 11 is 7.63. The van der Waals surface area contributed by atoms with Crippen LogP contribution in [0.2, 0.25) is 4.34 Å². The third kappa shape index (κ3) is 3.54. The number of rotatable bonds is 5. The van der Waals surface area contributed by atoms with E-state index < -0.39 is 0 Å². The number of thiophene rings is 1. The summed E-state index contributed by atoms with van der Waals surface area (Å²) in [5.74, 6) is 2.20. The molecule has 0 aliphatic carbocycles. The van der Waals surface area contributed by atoms with Crippen molar-refractivity contribution in [3.05, 3.63) is 40.4 Å². The predicted molar refractivity (Wildman–Crippen MR) is 106 cm³/mol. The monoisotopic (exact) mass is 390 g/mol. The molecule has 4 N–H and O–H groups in total. The van der Waals surface area contributed by atoms with Crippen molar-refractivity contribution >= 4 is 34.7 Å². The fourth-order valence-electron chi connectivity index (χ4n) is 2.71. The molecule has 0 aliphatic heterocycles. The Morgan fingerprint density at radius 1 is 1.08 bits per heavy atom. The van der Waals surface area contributed by atoms with Crippen molar-refractivity contribution in [1.29, 1.82) is 0 Å². The molecule has 0 saturated heterocycles. The maximum atomic E-state index is 6.14. The van der Waals surface area contributed by atoms with Gasteiger partial charge in [-0.15, -0.1) is 11.3 Å². The van der Waals surface area contributed by atoms with Gasteiger partial charge in [0, 0.05) is 16.0 Å². The van der Waals surface area contributed by atoms with Gasteiger partial charge in [0.05, 0.1) is 17.6 Å². The van der Waals surface area contributed by atoms with E-state index in [0.29, 0.717) is 15.8 Å². The number of nitrogen functional groups attached to an aromatic ring is 2. The molecule has 8 heteroatoms. The van der Waals surface area contributed by atoms with E-state index in [1.165, 1.54) is 17.5 Å². The van der Waals surface area contributed by atoms with Crippen LogP contribution in [0, 0.1) is 0 Å². The maximum absolute atomic E-state index is 6.14. The summed E-state index contributed by atoms with van der Waals surface area (Å²) in [6.07, 6.45) is 1.47. The molecule has 3 rings (SSSR count). The zero-order chi connectivity index (χ0) is 18.8. The molecule has 136 valence electrons. The van der Waals surface area contributed by atoms with Crippen LogP contribution < -0.4 is 20.9 Å². The molecule has 1 aromatic carbocycles. The topological polar surface area (TPSA) is 96.3 Å². The molecule has 0 bridgehead atoms. The summed E-state index contributed by atoms with van der Waals surface area (Å²) in [6, 6.07) is 7.55. The lowest BCUT2D eigenvalue weighted by atomic mass is 9.94. The highest BCUT2D eigenvalue weighted by Crippen LogP contribution is 2.46. The quantitative estimate of drug-likeness (QED) is 0.639. The van der Waals surface area contributed by atoms with Gasteiger partial charge in [0.25, 0.3) is 0 Å². The summed E-state index contributed by atoms with van der Waals surface area (Å²) in [7, 11) is 1.64.